The zero-order valence-electron chi connectivity index (χ0n) is 10.0. The maximum atomic E-state index is 12.1. The molecule has 2 rings (SSSR count). The minimum Gasteiger partial charge on any atom is -0.381 e. The Labute approximate surface area is 104 Å². The lowest BCUT2D eigenvalue weighted by Crippen LogP contribution is -2.14. The Morgan fingerprint density at radius 2 is 2.28 bits per heavy atom. The minimum absolute atomic E-state index is 0.0309. The number of hydrogen-bond donors (Lipinski definition) is 3. The van der Waals surface area contributed by atoms with Gasteiger partial charge in [0.1, 0.15) is 4.90 Å². The van der Waals surface area contributed by atoms with Crippen LogP contribution < -0.4 is 10.5 Å². The number of rotatable bonds is 4. The molecule has 2 aromatic rings. The molecule has 0 amide bonds. The number of H-pyrrole nitrogens is 1. The molecule has 2 aromatic heterocycles. The van der Waals surface area contributed by atoms with Gasteiger partial charge in [0, 0.05) is 24.5 Å². The fourth-order valence-electron chi connectivity index (χ4n) is 1.45. The number of aryl methyl sites for hydroxylation is 2. The summed E-state index contributed by atoms with van der Waals surface area (Å²) in [6.45, 7) is 4.16. The highest BCUT2D eigenvalue weighted by atomic mass is 32.2. The van der Waals surface area contributed by atoms with Crippen LogP contribution in [0.4, 0.5) is 11.6 Å². The second-order valence-corrected chi connectivity index (χ2v) is 5.43. The predicted molar refractivity (Wildman–Crippen MR) is 66.4 cm³/mol. The van der Waals surface area contributed by atoms with Gasteiger partial charge >= 0.3 is 0 Å². The summed E-state index contributed by atoms with van der Waals surface area (Å²) < 4.78 is 27.9. The third-order valence-corrected chi connectivity index (χ3v) is 3.68. The Kier molecular flexibility index (Phi) is 2.99. The number of anilines is 2. The average molecular weight is 270 g/mol. The quantitative estimate of drug-likeness (QED) is 0.739. The topological polar surface area (TPSA) is 119 Å². The van der Waals surface area contributed by atoms with Crippen LogP contribution in [0.3, 0.4) is 0 Å². The summed E-state index contributed by atoms with van der Waals surface area (Å²) in [5.41, 5.74) is 6.34. The van der Waals surface area contributed by atoms with Crippen molar-refractivity contribution >= 4 is 21.7 Å². The largest absolute Gasteiger partial charge is 0.381 e. The van der Waals surface area contributed by atoms with Crippen LogP contribution in [0.1, 0.15) is 12.6 Å². The molecule has 2 heterocycles. The maximum absolute atomic E-state index is 12.1. The van der Waals surface area contributed by atoms with Crippen molar-refractivity contribution in [1.29, 1.82) is 0 Å². The highest BCUT2D eigenvalue weighted by molar-refractivity contribution is 7.92. The number of aromatic nitrogens is 4. The number of hydrogen-bond acceptors (Lipinski definition) is 5. The lowest BCUT2D eigenvalue weighted by molar-refractivity contribution is 0.600. The second kappa shape index (κ2) is 4.33. The zero-order chi connectivity index (χ0) is 13.3. The molecule has 0 saturated carbocycles. The van der Waals surface area contributed by atoms with Gasteiger partial charge in [0.15, 0.2) is 11.6 Å². The van der Waals surface area contributed by atoms with Crippen molar-refractivity contribution in [1.82, 2.24) is 20.0 Å². The molecule has 0 aromatic carbocycles. The lowest BCUT2D eigenvalue weighted by Gasteiger charge is -2.02. The first-order valence-corrected chi connectivity index (χ1v) is 6.78. The Bertz CT molecular complexity index is 656. The fourth-order valence-corrected chi connectivity index (χ4v) is 2.52. The van der Waals surface area contributed by atoms with Crippen LogP contribution in [-0.2, 0) is 16.6 Å². The van der Waals surface area contributed by atoms with E-state index >= 15 is 0 Å². The Hall–Kier alpha value is -2.03. The van der Waals surface area contributed by atoms with Gasteiger partial charge in [-0.05, 0) is 13.8 Å². The van der Waals surface area contributed by atoms with Crippen LogP contribution >= 0.6 is 0 Å². The van der Waals surface area contributed by atoms with Gasteiger partial charge in [0.25, 0.3) is 10.0 Å². The van der Waals surface area contributed by atoms with Gasteiger partial charge in [-0.15, -0.1) is 0 Å². The number of nitrogen functional groups attached to an aromatic ring is 1. The van der Waals surface area contributed by atoms with Crippen molar-refractivity contribution in [3.8, 4) is 0 Å². The highest BCUT2D eigenvalue weighted by Gasteiger charge is 2.21. The van der Waals surface area contributed by atoms with E-state index in [-0.39, 0.29) is 16.5 Å². The van der Waals surface area contributed by atoms with Crippen LogP contribution in [0.2, 0.25) is 0 Å². The normalized spacial score (nSPS) is 11.7. The van der Waals surface area contributed by atoms with E-state index in [1.54, 1.807) is 13.0 Å². The highest BCUT2D eigenvalue weighted by Crippen LogP contribution is 2.19. The van der Waals surface area contributed by atoms with Crippen LogP contribution in [-0.4, -0.2) is 28.4 Å². The molecule has 0 aliphatic rings. The van der Waals surface area contributed by atoms with Gasteiger partial charge in [-0.25, -0.2) is 8.42 Å². The lowest BCUT2D eigenvalue weighted by atomic mass is 10.5. The molecule has 0 aliphatic carbocycles. The van der Waals surface area contributed by atoms with Crippen LogP contribution in [0, 0.1) is 6.92 Å². The first kappa shape index (κ1) is 12.4. The van der Waals surface area contributed by atoms with E-state index in [4.69, 9.17) is 5.73 Å². The molecule has 0 bridgehead atoms. The third kappa shape index (κ3) is 2.30. The molecule has 0 unspecified atom stereocenters. The summed E-state index contributed by atoms with van der Waals surface area (Å²) in [6, 6.07) is 1.58. The summed E-state index contributed by atoms with van der Waals surface area (Å²) in [7, 11) is -3.76. The SMILES string of the molecule is CCn1cc(S(=O)(=O)Nc2cc(C)[nH]n2)c(N)n1. The van der Waals surface area contributed by atoms with Crippen LogP contribution in [0.25, 0.3) is 0 Å². The van der Waals surface area contributed by atoms with Gasteiger partial charge in [-0.1, -0.05) is 0 Å². The van der Waals surface area contributed by atoms with Gasteiger partial charge in [-0.2, -0.15) is 10.2 Å². The summed E-state index contributed by atoms with van der Waals surface area (Å²) in [5.74, 6) is 0.188. The molecule has 8 nitrogen and oxygen atoms in total. The van der Waals surface area contributed by atoms with E-state index in [1.807, 2.05) is 6.92 Å². The molecule has 4 N–H and O–H groups in total. The molecule has 0 saturated heterocycles. The van der Waals surface area contributed by atoms with E-state index in [1.165, 1.54) is 10.9 Å². The van der Waals surface area contributed by atoms with Crippen molar-refractivity contribution in [2.75, 3.05) is 10.5 Å². The van der Waals surface area contributed by atoms with Crippen molar-refractivity contribution in [2.45, 2.75) is 25.3 Å². The molecule has 18 heavy (non-hydrogen) atoms. The molecule has 98 valence electrons. The van der Waals surface area contributed by atoms with E-state index in [9.17, 15) is 8.42 Å². The van der Waals surface area contributed by atoms with Crippen molar-refractivity contribution < 1.29 is 8.42 Å². The Balaban J connectivity index is 2.33. The zero-order valence-corrected chi connectivity index (χ0v) is 10.8. The Morgan fingerprint density at radius 3 is 2.78 bits per heavy atom. The number of nitrogens with two attached hydrogens (primary N) is 1. The predicted octanol–water partition coefficient (Wildman–Crippen LogP) is 0.318. The van der Waals surface area contributed by atoms with Crippen molar-refractivity contribution in [2.24, 2.45) is 0 Å². The smallest absolute Gasteiger partial charge is 0.268 e. The van der Waals surface area contributed by atoms with Gasteiger partial charge in [0.05, 0.1) is 0 Å². The van der Waals surface area contributed by atoms with E-state index in [0.29, 0.717) is 6.54 Å². The van der Waals surface area contributed by atoms with Crippen LogP contribution in [0.5, 0.6) is 0 Å². The number of nitrogens with zero attached hydrogens (tertiary/aromatic N) is 3. The second-order valence-electron chi connectivity index (χ2n) is 3.78. The summed E-state index contributed by atoms with van der Waals surface area (Å²) in [4.78, 5) is -0.0509. The molecular weight excluding hydrogens is 256 g/mol. The molecule has 0 spiro atoms. The Morgan fingerprint density at radius 1 is 1.56 bits per heavy atom. The number of nitrogens with one attached hydrogen (secondary N) is 2. The van der Waals surface area contributed by atoms with Gasteiger partial charge in [-0.3, -0.25) is 14.5 Å². The fraction of sp³-hybridized carbons (Fsp3) is 0.333. The number of aromatic amines is 1. The van der Waals surface area contributed by atoms with Crippen molar-refractivity contribution in [3.05, 3.63) is 18.0 Å². The summed E-state index contributed by atoms with van der Waals surface area (Å²) in [5, 5.41) is 10.3. The minimum atomic E-state index is -3.76. The van der Waals surface area contributed by atoms with E-state index in [0.717, 1.165) is 5.69 Å². The van der Waals surface area contributed by atoms with Crippen molar-refractivity contribution in [3.63, 3.8) is 0 Å². The summed E-state index contributed by atoms with van der Waals surface area (Å²) in [6.07, 6.45) is 1.39. The average Bonchev–Trinajstić information content (AvgIpc) is 2.84. The monoisotopic (exact) mass is 270 g/mol. The molecule has 0 fully saturated rings. The van der Waals surface area contributed by atoms with Crippen LogP contribution in [0.15, 0.2) is 17.2 Å². The molecule has 9 heteroatoms. The third-order valence-electron chi connectivity index (χ3n) is 2.31. The first-order chi connectivity index (χ1) is 8.42. The number of sulfonamides is 1. The van der Waals surface area contributed by atoms with E-state index in [2.05, 4.69) is 20.0 Å². The van der Waals surface area contributed by atoms with Gasteiger partial charge < -0.3 is 5.73 Å². The van der Waals surface area contributed by atoms with Gasteiger partial charge in [0.2, 0.25) is 0 Å². The first-order valence-electron chi connectivity index (χ1n) is 5.30. The molecule has 0 atom stereocenters. The molecule has 0 aliphatic heterocycles. The standard InChI is InChI=1S/C9H14N6O2S/c1-3-15-5-7(9(10)13-15)18(16,17)14-8-4-6(2)11-12-8/h4-5H,3H2,1-2H3,(H2,10,13)(H2,11,12,14). The molecular formula is C9H14N6O2S. The van der Waals surface area contributed by atoms with E-state index < -0.39 is 10.0 Å². The summed E-state index contributed by atoms with van der Waals surface area (Å²) >= 11 is 0. The molecule has 0 radical (unpaired) electrons. The maximum Gasteiger partial charge on any atom is 0.268 e.